The third kappa shape index (κ3) is 8.54. The fourth-order valence-electron chi connectivity index (χ4n) is 2.88. The van der Waals surface area contributed by atoms with Crippen LogP contribution in [0.2, 0.25) is 0 Å². The van der Waals surface area contributed by atoms with Gasteiger partial charge in [-0.1, -0.05) is 62.9 Å². The second-order valence-corrected chi connectivity index (χ2v) is 6.82. The molecule has 0 aromatic heterocycles. The zero-order valence-corrected chi connectivity index (χ0v) is 16.2. The maximum Gasteiger partial charge on any atom is 0.224 e. The molecule has 0 atom stereocenters. The summed E-state index contributed by atoms with van der Waals surface area (Å²) < 4.78 is 0. The van der Waals surface area contributed by atoms with Crippen molar-refractivity contribution in [3.05, 3.63) is 60.2 Å². The molecular formula is C23H30N2O2. The Morgan fingerprint density at radius 1 is 0.704 bits per heavy atom. The van der Waals surface area contributed by atoms with Gasteiger partial charge in [0.15, 0.2) is 0 Å². The Morgan fingerprint density at radius 3 is 1.85 bits per heavy atom. The van der Waals surface area contributed by atoms with Crippen LogP contribution in [0.1, 0.15) is 57.4 Å². The van der Waals surface area contributed by atoms with Gasteiger partial charge in [-0.05, 0) is 42.7 Å². The molecular weight excluding hydrogens is 336 g/mol. The average Bonchev–Trinajstić information content (AvgIpc) is 2.68. The Bertz CT molecular complexity index is 696. The molecule has 0 aliphatic heterocycles. The molecule has 2 rings (SSSR count). The number of rotatable bonds is 11. The molecule has 0 radical (unpaired) electrons. The molecule has 144 valence electrons. The van der Waals surface area contributed by atoms with Gasteiger partial charge in [0.25, 0.3) is 0 Å². The Hall–Kier alpha value is -2.62. The van der Waals surface area contributed by atoms with Crippen molar-refractivity contribution in [1.29, 1.82) is 0 Å². The molecule has 0 unspecified atom stereocenters. The van der Waals surface area contributed by atoms with Gasteiger partial charge in [0.1, 0.15) is 0 Å². The summed E-state index contributed by atoms with van der Waals surface area (Å²) in [6.45, 7) is 2.18. The minimum absolute atomic E-state index is 0.0114. The second kappa shape index (κ2) is 11.9. The van der Waals surface area contributed by atoms with Crippen molar-refractivity contribution in [2.75, 3.05) is 10.6 Å². The maximum atomic E-state index is 12.1. The van der Waals surface area contributed by atoms with Gasteiger partial charge >= 0.3 is 0 Å². The minimum atomic E-state index is -0.0114. The largest absolute Gasteiger partial charge is 0.326 e. The molecule has 0 bridgehead atoms. The molecule has 4 nitrogen and oxygen atoms in total. The van der Waals surface area contributed by atoms with Crippen LogP contribution in [0.3, 0.4) is 0 Å². The SMILES string of the molecule is CCCCCCCC(=O)Nc1ccc(NC(=O)CCc2ccccc2)cc1. The highest BCUT2D eigenvalue weighted by Gasteiger charge is 2.05. The van der Waals surface area contributed by atoms with Crippen LogP contribution < -0.4 is 10.6 Å². The zero-order chi connectivity index (χ0) is 19.3. The van der Waals surface area contributed by atoms with Gasteiger partial charge in [0, 0.05) is 24.2 Å². The van der Waals surface area contributed by atoms with Gasteiger partial charge in [-0.3, -0.25) is 9.59 Å². The zero-order valence-electron chi connectivity index (χ0n) is 16.2. The molecule has 2 N–H and O–H groups in total. The van der Waals surface area contributed by atoms with Crippen molar-refractivity contribution in [1.82, 2.24) is 0 Å². The van der Waals surface area contributed by atoms with E-state index >= 15 is 0 Å². The van der Waals surface area contributed by atoms with E-state index in [-0.39, 0.29) is 11.8 Å². The molecule has 2 amide bonds. The van der Waals surface area contributed by atoms with E-state index in [1.165, 1.54) is 19.3 Å². The van der Waals surface area contributed by atoms with Crippen LogP contribution in [-0.2, 0) is 16.0 Å². The van der Waals surface area contributed by atoms with Gasteiger partial charge in [-0.2, -0.15) is 0 Å². The summed E-state index contributed by atoms with van der Waals surface area (Å²) >= 11 is 0. The van der Waals surface area contributed by atoms with Crippen LogP contribution in [-0.4, -0.2) is 11.8 Å². The lowest BCUT2D eigenvalue weighted by Gasteiger charge is -2.08. The highest BCUT2D eigenvalue weighted by molar-refractivity contribution is 5.93. The molecule has 0 saturated carbocycles. The first-order chi connectivity index (χ1) is 13.2. The number of nitrogens with one attached hydrogen (secondary N) is 2. The van der Waals surface area contributed by atoms with E-state index in [1.54, 1.807) is 0 Å². The first-order valence-electron chi connectivity index (χ1n) is 9.91. The third-order valence-corrected chi connectivity index (χ3v) is 4.44. The molecule has 4 heteroatoms. The third-order valence-electron chi connectivity index (χ3n) is 4.44. The standard InChI is InChI=1S/C23H30N2O2/c1-2-3-4-5-9-12-22(26)24-20-14-16-21(17-15-20)25-23(27)18-13-19-10-7-6-8-11-19/h6-8,10-11,14-17H,2-5,9,12-13,18H2,1H3,(H,24,26)(H,25,27). The van der Waals surface area contributed by atoms with Crippen molar-refractivity contribution in [3.8, 4) is 0 Å². The number of benzene rings is 2. The second-order valence-electron chi connectivity index (χ2n) is 6.82. The molecule has 0 saturated heterocycles. The number of aryl methyl sites for hydroxylation is 1. The van der Waals surface area contributed by atoms with Gasteiger partial charge < -0.3 is 10.6 Å². The predicted octanol–water partition coefficient (Wildman–Crippen LogP) is 5.56. The topological polar surface area (TPSA) is 58.2 Å². The predicted molar refractivity (Wildman–Crippen MR) is 112 cm³/mol. The Labute approximate surface area is 162 Å². The average molecular weight is 367 g/mol. The number of hydrogen-bond donors (Lipinski definition) is 2. The minimum Gasteiger partial charge on any atom is -0.326 e. The Morgan fingerprint density at radius 2 is 1.26 bits per heavy atom. The van der Waals surface area contributed by atoms with E-state index in [0.717, 1.165) is 36.2 Å². The van der Waals surface area contributed by atoms with Crippen LogP contribution >= 0.6 is 0 Å². The fraction of sp³-hybridized carbons (Fsp3) is 0.391. The van der Waals surface area contributed by atoms with Crippen molar-refractivity contribution in [3.63, 3.8) is 0 Å². The number of unbranched alkanes of at least 4 members (excludes halogenated alkanes) is 4. The van der Waals surface area contributed by atoms with E-state index in [0.29, 0.717) is 12.8 Å². The number of anilines is 2. The van der Waals surface area contributed by atoms with Crippen LogP contribution in [0, 0.1) is 0 Å². The number of hydrogen-bond acceptors (Lipinski definition) is 2. The summed E-state index contributed by atoms with van der Waals surface area (Å²) in [5.41, 5.74) is 2.65. The van der Waals surface area contributed by atoms with E-state index in [9.17, 15) is 9.59 Å². The number of carbonyl (C=O) groups excluding carboxylic acids is 2. The molecule has 0 spiro atoms. The van der Waals surface area contributed by atoms with E-state index in [2.05, 4.69) is 17.6 Å². The van der Waals surface area contributed by atoms with Gasteiger partial charge in [0.2, 0.25) is 11.8 Å². The molecule has 0 heterocycles. The van der Waals surface area contributed by atoms with Gasteiger partial charge in [-0.15, -0.1) is 0 Å². The van der Waals surface area contributed by atoms with Crippen molar-refractivity contribution < 1.29 is 9.59 Å². The summed E-state index contributed by atoms with van der Waals surface area (Å²) in [7, 11) is 0. The Kier molecular flexibility index (Phi) is 9.11. The first-order valence-corrected chi connectivity index (χ1v) is 9.91. The highest BCUT2D eigenvalue weighted by atomic mass is 16.2. The molecule has 0 aliphatic rings. The normalized spacial score (nSPS) is 10.4. The van der Waals surface area contributed by atoms with E-state index in [1.807, 2.05) is 54.6 Å². The summed E-state index contributed by atoms with van der Waals surface area (Å²) in [6, 6.07) is 17.2. The monoisotopic (exact) mass is 366 g/mol. The summed E-state index contributed by atoms with van der Waals surface area (Å²) in [4.78, 5) is 24.0. The first kappa shape index (κ1) is 20.7. The Balaban J connectivity index is 1.69. The molecule has 2 aromatic carbocycles. The van der Waals surface area contributed by atoms with Gasteiger partial charge in [0.05, 0.1) is 0 Å². The van der Waals surface area contributed by atoms with Crippen LogP contribution in [0.15, 0.2) is 54.6 Å². The molecule has 0 fully saturated rings. The maximum absolute atomic E-state index is 12.1. The van der Waals surface area contributed by atoms with Crippen molar-refractivity contribution in [2.24, 2.45) is 0 Å². The summed E-state index contributed by atoms with van der Waals surface area (Å²) in [6.07, 6.45) is 7.40. The van der Waals surface area contributed by atoms with Crippen LogP contribution in [0.5, 0.6) is 0 Å². The lowest BCUT2D eigenvalue weighted by Crippen LogP contribution is -2.13. The molecule has 0 aliphatic carbocycles. The number of carbonyl (C=O) groups is 2. The lowest BCUT2D eigenvalue weighted by molar-refractivity contribution is -0.117. The summed E-state index contributed by atoms with van der Waals surface area (Å²) in [5.74, 6) is 0.0360. The van der Waals surface area contributed by atoms with Crippen molar-refractivity contribution >= 4 is 23.2 Å². The van der Waals surface area contributed by atoms with E-state index < -0.39 is 0 Å². The van der Waals surface area contributed by atoms with Gasteiger partial charge in [-0.25, -0.2) is 0 Å². The number of amides is 2. The summed E-state index contributed by atoms with van der Waals surface area (Å²) in [5, 5.41) is 5.80. The smallest absolute Gasteiger partial charge is 0.224 e. The lowest BCUT2D eigenvalue weighted by atomic mass is 10.1. The van der Waals surface area contributed by atoms with Crippen LogP contribution in [0.4, 0.5) is 11.4 Å². The quantitative estimate of drug-likeness (QED) is 0.512. The molecule has 2 aromatic rings. The highest BCUT2D eigenvalue weighted by Crippen LogP contribution is 2.15. The van der Waals surface area contributed by atoms with Crippen molar-refractivity contribution in [2.45, 2.75) is 58.3 Å². The van der Waals surface area contributed by atoms with Crippen LogP contribution in [0.25, 0.3) is 0 Å². The fourth-order valence-corrected chi connectivity index (χ4v) is 2.88. The molecule has 27 heavy (non-hydrogen) atoms. The van der Waals surface area contributed by atoms with E-state index in [4.69, 9.17) is 0 Å².